The van der Waals surface area contributed by atoms with Crippen molar-refractivity contribution >= 4 is 29.2 Å². The monoisotopic (exact) mass is 586 g/mol. The van der Waals surface area contributed by atoms with Gasteiger partial charge in [0.2, 0.25) is 0 Å². The van der Waals surface area contributed by atoms with Gasteiger partial charge in [0, 0.05) is 48.2 Å². The average Bonchev–Trinajstić information content (AvgIpc) is 3.42. The minimum Gasteiger partial charge on any atom is -0.344 e. The molecule has 0 aliphatic carbocycles. The first-order valence-electron chi connectivity index (χ1n) is 15.3. The molecule has 2 aromatic carbocycles. The third-order valence-corrected chi connectivity index (χ3v) is 8.14. The SMILES string of the molecule is C=C.CC[NH2+]c1ccccc1C(C)(C)C/C=C/C=C1/N(CCCCC(=O)ON2C(=O)CCC2=O)c2ccccc2C1(C)C. The maximum absolute atomic E-state index is 12.3. The summed E-state index contributed by atoms with van der Waals surface area (Å²) in [5.41, 5.74) is 6.23. The first-order chi connectivity index (χ1) is 20.6. The number of allylic oxidation sites excluding steroid dienone is 4. The number of carbonyl (C=O) groups is 3. The van der Waals surface area contributed by atoms with Crippen molar-refractivity contribution < 1.29 is 24.5 Å². The molecule has 2 aliphatic heterocycles. The van der Waals surface area contributed by atoms with Gasteiger partial charge in [-0.3, -0.25) is 9.59 Å². The molecule has 1 saturated heterocycles. The Labute approximate surface area is 257 Å². The van der Waals surface area contributed by atoms with Gasteiger partial charge < -0.3 is 15.1 Å². The number of imide groups is 1. The Hall–Kier alpha value is -3.97. The molecule has 43 heavy (non-hydrogen) atoms. The van der Waals surface area contributed by atoms with E-state index in [-0.39, 0.29) is 30.1 Å². The second-order valence-electron chi connectivity index (χ2n) is 12.1. The molecule has 0 spiro atoms. The standard InChI is InChI=1S/C34H43N3O4.C2H4/c1-6-35-27-17-9-7-15-25(27)33(2,3)23-13-11-19-29-34(4,5)26-16-8-10-18-28(26)36(29)24-14-12-20-32(40)41-37-30(38)21-22-31(37)39;1-2/h7-11,13,15-19,35H,6,12,14,20-24H2,1-5H3;1-2H2/p+1/b13-11+,29-19+;. The lowest BCUT2D eigenvalue weighted by Crippen LogP contribution is -2.77. The molecule has 2 aliphatic rings. The van der Waals surface area contributed by atoms with Crippen LogP contribution in [0.3, 0.4) is 0 Å². The van der Waals surface area contributed by atoms with Crippen LogP contribution >= 0.6 is 0 Å². The van der Waals surface area contributed by atoms with Crippen molar-refractivity contribution in [1.82, 2.24) is 5.06 Å². The topological polar surface area (TPSA) is 83.5 Å². The zero-order chi connectivity index (χ0) is 31.6. The van der Waals surface area contributed by atoms with E-state index >= 15 is 0 Å². The van der Waals surface area contributed by atoms with E-state index in [1.807, 2.05) is 0 Å². The Morgan fingerprint density at radius 3 is 2.37 bits per heavy atom. The van der Waals surface area contributed by atoms with Crippen LogP contribution in [0.1, 0.15) is 84.3 Å². The molecule has 230 valence electrons. The molecule has 0 bridgehead atoms. The lowest BCUT2D eigenvalue weighted by molar-refractivity contribution is -0.568. The van der Waals surface area contributed by atoms with E-state index in [2.05, 4.69) is 125 Å². The van der Waals surface area contributed by atoms with E-state index in [0.717, 1.165) is 25.9 Å². The van der Waals surface area contributed by atoms with Crippen molar-refractivity contribution in [2.24, 2.45) is 0 Å². The molecule has 2 N–H and O–H groups in total. The maximum atomic E-state index is 12.3. The van der Waals surface area contributed by atoms with Crippen LogP contribution in [0.15, 0.2) is 85.6 Å². The normalized spacial score (nSPS) is 16.9. The number of hydrogen-bond donors (Lipinski definition) is 1. The summed E-state index contributed by atoms with van der Waals surface area (Å²) in [5, 5.41) is 2.92. The Morgan fingerprint density at radius 1 is 1.02 bits per heavy atom. The Bertz CT molecular complexity index is 1340. The first-order valence-corrected chi connectivity index (χ1v) is 15.3. The molecule has 7 nitrogen and oxygen atoms in total. The molecule has 0 unspecified atom stereocenters. The summed E-state index contributed by atoms with van der Waals surface area (Å²) in [6, 6.07) is 17.2. The predicted octanol–water partition coefficient (Wildman–Crippen LogP) is 6.39. The van der Waals surface area contributed by atoms with Crippen LogP contribution in [0.25, 0.3) is 0 Å². The third kappa shape index (κ3) is 7.90. The van der Waals surface area contributed by atoms with Crippen molar-refractivity contribution in [2.45, 2.75) is 84.0 Å². The summed E-state index contributed by atoms with van der Waals surface area (Å²) in [7, 11) is 0. The number of unbranched alkanes of at least 4 members (excludes halogenated alkanes) is 1. The number of carbonyl (C=O) groups excluding carboxylic acids is 3. The van der Waals surface area contributed by atoms with Gasteiger partial charge in [-0.25, -0.2) is 4.79 Å². The molecule has 0 atom stereocenters. The fourth-order valence-corrected chi connectivity index (χ4v) is 5.87. The van der Waals surface area contributed by atoms with Crippen molar-refractivity contribution in [1.29, 1.82) is 0 Å². The van der Waals surface area contributed by atoms with Crippen molar-refractivity contribution in [3.8, 4) is 0 Å². The smallest absolute Gasteiger partial charge is 0.333 e. The molecule has 2 amide bonds. The number of anilines is 1. The average molecular weight is 587 g/mol. The molecule has 4 rings (SSSR count). The second-order valence-corrected chi connectivity index (χ2v) is 12.1. The fourth-order valence-electron chi connectivity index (χ4n) is 5.87. The third-order valence-electron chi connectivity index (χ3n) is 8.14. The van der Waals surface area contributed by atoms with Gasteiger partial charge in [-0.2, -0.15) is 0 Å². The summed E-state index contributed by atoms with van der Waals surface area (Å²) in [6.07, 6.45) is 9.32. The molecule has 2 heterocycles. The van der Waals surface area contributed by atoms with Gasteiger partial charge in [-0.05, 0) is 55.4 Å². The highest BCUT2D eigenvalue weighted by Gasteiger charge is 2.39. The molecule has 0 radical (unpaired) electrons. The van der Waals surface area contributed by atoms with Crippen LogP contribution in [-0.2, 0) is 30.1 Å². The van der Waals surface area contributed by atoms with Gasteiger partial charge in [0.15, 0.2) is 0 Å². The van der Waals surface area contributed by atoms with Gasteiger partial charge in [0.1, 0.15) is 5.69 Å². The minimum atomic E-state index is -0.546. The second kappa shape index (κ2) is 15.0. The summed E-state index contributed by atoms with van der Waals surface area (Å²) >= 11 is 0. The van der Waals surface area contributed by atoms with Crippen LogP contribution in [0.2, 0.25) is 0 Å². The van der Waals surface area contributed by atoms with Gasteiger partial charge >= 0.3 is 5.97 Å². The minimum absolute atomic E-state index is 0.00399. The van der Waals surface area contributed by atoms with Crippen LogP contribution in [0, 0.1) is 0 Å². The number of nitrogens with two attached hydrogens (primary N) is 1. The van der Waals surface area contributed by atoms with Gasteiger partial charge in [-0.1, -0.05) is 76.2 Å². The summed E-state index contributed by atoms with van der Waals surface area (Å²) in [4.78, 5) is 43.1. The number of rotatable bonds is 12. The number of nitrogens with zero attached hydrogens (tertiary/aromatic N) is 2. The van der Waals surface area contributed by atoms with Gasteiger partial charge in [0.25, 0.3) is 11.8 Å². The van der Waals surface area contributed by atoms with Crippen LogP contribution in [-0.4, -0.2) is 35.9 Å². The molecule has 2 aromatic rings. The lowest BCUT2D eigenvalue weighted by atomic mass is 9.80. The van der Waals surface area contributed by atoms with E-state index in [9.17, 15) is 14.4 Å². The molecule has 0 aromatic heterocycles. The number of hydrogen-bond acceptors (Lipinski definition) is 5. The largest absolute Gasteiger partial charge is 0.344 e. The predicted molar refractivity (Wildman–Crippen MR) is 173 cm³/mol. The van der Waals surface area contributed by atoms with Crippen molar-refractivity contribution in [2.75, 3.05) is 18.0 Å². The number of hydroxylamine groups is 2. The fraction of sp³-hybridized carbons (Fsp3) is 0.417. The molecular weight excluding hydrogens is 538 g/mol. The van der Waals surface area contributed by atoms with E-state index in [0.29, 0.717) is 11.5 Å². The Balaban J connectivity index is 0.00000248. The van der Waals surface area contributed by atoms with Crippen molar-refractivity contribution in [3.63, 3.8) is 0 Å². The summed E-state index contributed by atoms with van der Waals surface area (Å²) in [6.45, 7) is 19.1. The van der Waals surface area contributed by atoms with Gasteiger partial charge in [-0.15, -0.1) is 18.2 Å². The maximum Gasteiger partial charge on any atom is 0.333 e. The van der Waals surface area contributed by atoms with Crippen LogP contribution in [0.4, 0.5) is 11.4 Å². The molecule has 7 heteroatoms. The van der Waals surface area contributed by atoms with Gasteiger partial charge in [0.05, 0.1) is 6.54 Å². The molecule has 0 saturated carbocycles. The number of fused-ring (bicyclic) bond motifs is 1. The molecular formula is C36H48N3O4+. The van der Waals surface area contributed by atoms with E-state index in [4.69, 9.17) is 4.84 Å². The first kappa shape index (κ1) is 33.5. The Morgan fingerprint density at radius 2 is 1.67 bits per heavy atom. The lowest BCUT2D eigenvalue weighted by Gasteiger charge is -2.27. The summed E-state index contributed by atoms with van der Waals surface area (Å²) in [5.74, 6) is -1.45. The molecule has 1 fully saturated rings. The van der Waals surface area contributed by atoms with Crippen LogP contribution in [0.5, 0.6) is 0 Å². The van der Waals surface area contributed by atoms with E-state index < -0.39 is 17.8 Å². The van der Waals surface area contributed by atoms with Crippen molar-refractivity contribution in [3.05, 3.63) is 96.7 Å². The zero-order valence-corrected chi connectivity index (χ0v) is 26.5. The number of quaternary nitrogens is 1. The number of benzene rings is 2. The number of para-hydroxylation sites is 2. The highest BCUT2D eigenvalue weighted by atomic mass is 16.7. The van der Waals surface area contributed by atoms with Crippen LogP contribution < -0.4 is 10.2 Å². The highest BCUT2D eigenvalue weighted by Crippen LogP contribution is 2.47. The zero-order valence-electron chi connectivity index (χ0n) is 26.5. The quantitative estimate of drug-likeness (QED) is 0.135. The highest BCUT2D eigenvalue weighted by molar-refractivity contribution is 6.01. The van der Waals surface area contributed by atoms with E-state index in [1.54, 1.807) is 0 Å². The summed E-state index contributed by atoms with van der Waals surface area (Å²) < 4.78 is 0. The number of amides is 2. The van der Waals surface area contributed by atoms with E-state index in [1.165, 1.54) is 28.2 Å². The Kier molecular flexibility index (Phi) is 11.7.